The fourth-order valence-corrected chi connectivity index (χ4v) is 2.99. The Balaban J connectivity index is 2.08. The zero-order valence-corrected chi connectivity index (χ0v) is 14.6. The minimum atomic E-state index is -0.0944. The van der Waals surface area contributed by atoms with Crippen molar-refractivity contribution in [2.24, 2.45) is 10.9 Å². The summed E-state index contributed by atoms with van der Waals surface area (Å²) in [6.45, 7) is 4.74. The molecule has 0 aromatic heterocycles. The first kappa shape index (κ1) is 17.8. The van der Waals surface area contributed by atoms with Crippen LogP contribution in [0.15, 0.2) is 41.4 Å². The van der Waals surface area contributed by atoms with Crippen LogP contribution in [0.3, 0.4) is 0 Å². The number of nitrogens with one attached hydrogen (secondary N) is 1. The molecule has 126 valence electrons. The molecule has 1 fully saturated rings. The molecule has 4 heteroatoms. The quantitative estimate of drug-likeness (QED) is 0.526. The molecule has 1 N–H and O–H groups in total. The second kappa shape index (κ2) is 8.35. The fraction of sp³-hybridized carbons (Fsp3) is 0.400. The van der Waals surface area contributed by atoms with E-state index in [1.165, 1.54) is 0 Å². The SMILES string of the molecule is C#CN1CC(C(=O)NC(/C=C(\CC)c2ccccc2)=NC)CC1C. The van der Waals surface area contributed by atoms with Gasteiger partial charge in [0.1, 0.15) is 5.84 Å². The third-order valence-electron chi connectivity index (χ3n) is 4.44. The number of terminal acetylenes is 1. The van der Waals surface area contributed by atoms with Gasteiger partial charge in [-0.2, -0.15) is 0 Å². The van der Waals surface area contributed by atoms with Gasteiger partial charge in [0, 0.05) is 25.7 Å². The zero-order chi connectivity index (χ0) is 17.5. The number of hydrogen-bond acceptors (Lipinski definition) is 3. The molecule has 1 aromatic carbocycles. The third-order valence-corrected chi connectivity index (χ3v) is 4.44. The summed E-state index contributed by atoms with van der Waals surface area (Å²) in [5.41, 5.74) is 2.28. The summed E-state index contributed by atoms with van der Waals surface area (Å²) < 4.78 is 0. The van der Waals surface area contributed by atoms with Crippen molar-refractivity contribution in [3.05, 3.63) is 42.0 Å². The average Bonchev–Trinajstić information content (AvgIpc) is 3.00. The van der Waals surface area contributed by atoms with Crippen molar-refractivity contribution >= 4 is 17.3 Å². The molecule has 4 nitrogen and oxygen atoms in total. The summed E-state index contributed by atoms with van der Waals surface area (Å²) in [7, 11) is 1.69. The van der Waals surface area contributed by atoms with Gasteiger partial charge in [-0.15, -0.1) is 0 Å². The standard InChI is InChI=1S/C20H25N3O/c1-5-16(17-10-8-7-9-11-17)13-19(21-4)22-20(24)18-12-15(3)23(6-2)14-18/h2,7-11,13,15,18H,5,12,14H2,1,3-4H3,(H,21,22,24)/b16-13+. The number of benzene rings is 1. The molecule has 2 atom stereocenters. The molecule has 2 rings (SSSR count). The lowest BCUT2D eigenvalue weighted by Gasteiger charge is -2.14. The highest BCUT2D eigenvalue weighted by Crippen LogP contribution is 2.22. The van der Waals surface area contributed by atoms with Gasteiger partial charge in [-0.05, 0) is 37.0 Å². The van der Waals surface area contributed by atoms with Crippen LogP contribution in [-0.2, 0) is 4.79 Å². The number of aliphatic imine (C=N–C) groups is 1. The van der Waals surface area contributed by atoms with Gasteiger partial charge >= 0.3 is 0 Å². The second-order valence-electron chi connectivity index (χ2n) is 6.05. The topological polar surface area (TPSA) is 44.7 Å². The van der Waals surface area contributed by atoms with E-state index in [-0.39, 0.29) is 17.9 Å². The molecule has 0 radical (unpaired) electrons. The smallest absolute Gasteiger partial charge is 0.230 e. The molecule has 24 heavy (non-hydrogen) atoms. The molecule has 1 amide bonds. The Labute approximate surface area is 144 Å². The molecule has 2 unspecified atom stereocenters. The van der Waals surface area contributed by atoms with Gasteiger partial charge in [-0.25, -0.2) is 0 Å². The summed E-state index contributed by atoms with van der Waals surface area (Å²) in [6, 6.07) is 13.0. The lowest BCUT2D eigenvalue weighted by Crippen LogP contribution is -2.36. The number of carbonyl (C=O) groups is 1. The van der Waals surface area contributed by atoms with Crippen LogP contribution in [0.25, 0.3) is 5.57 Å². The van der Waals surface area contributed by atoms with Gasteiger partial charge in [0.2, 0.25) is 5.91 Å². The molecular weight excluding hydrogens is 298 g/mol. The molecule has 0 spiro atoms. The zero-order valence-electron chi connectivity index (χ0n) is 14.6. The van der Waals surface area contributed by atoms with Gasteiger partial charge in [-0.3, -0.25) is 9.79 Å². The monoisotopic (exact) mass is 323 g/mol. The van der Waals surface area contributed by atoms with Crippen molar-refractivity contribution in [3.8, 4) is 12.5 Å². The first-order chi connectivity index (χ1) is 11.6. The molecule has 0 saturated carbocycles. The van der Waals surface area contributed by atoms with Gasteiger partial charge in [-0.1, -0.05) is 43.7 Å². The molecule has 1 aliphatic heterocycles. The van der Waals surface area contributed by atoms with Crippen molar-refractivity contribution < 1.29 is 4.79 Å². The maximum atomic E-state index is 12.5. The summed E-state index contributed by atoms with van der Waals surface area (Å²) in [4.78, 5) is 18.6. The molecule has 1 aliphatic rings. The first-order valence-electron chi connectivity index (χ1n) is 8.35. The maximum Gasteiger partial charge on any atom is 0.230 e. The summed E-state index contributed by atoms with van der Waals surface area (Å²) in [5.74, 6) is 0.482. The lowest BCUT2D eigenvalue weighted by molar-refractivity contribution is -0.123. The van der Waals surface area contributed by atoms with Gasteiger partial charge in [0.25, 0.3) is 0 Å². The Morgan fingerprint density at radius 2 is 2.17 bits per heavy atom. The highest BCUT2D eigenvalue weighted by Gasteiger charge is 2.32. The van der Waals surface area contributed by atoms with E-state index in [1.54, 1.807) is 7.05 Å². The van der Waals surface area contributed by atoms with Crippen molar-refractivity contribution in [3.63, 3.8) is 0 Å². The Morgan fingerprint density at radius 1 is 1.46 bits per heavy atom. The van der Waals surface area contributed by atoms with Crippen LogP contribution in [0.1, 0.15) is 32.3 Å². The third kappa shape index (κ3) is 4.26. The van der Waals surface area contributed by atoms with E-state index in [2.05, 4.69) is 35.4 Å². The predicted molar refractivity (Wildman–Crippen MR) is 99.3 cm³/mol. The molecule has 0 bridgehead atoms. The van der Waals surface area contributed by atoms with E-state index < -0.39 is 0 Å². The highest BCUT2D eigenvalue weighted by molar-refractivity contribution is 6.08. The van der Waals surface area contributed by atoms with Crippen molar-refractivity contribution in [2.45, 2.75) is 32.7 Å². The minimum Gasteiger partial charge on any atom is -0.329 e. The lowest BCUT2D eigenvalue weighted by atomic mass is 10.0. The van der Waals surface area contributed by atoms with Crippen molar-refractivity contribution in [2.75, 3.05) is 13.6 Å². The van der Waals surface area contributed by atoms with E-state index in [1.807, 2.05) is 36.1 Å². The number of likely N-dealkylation sites (tertiary alicyclic amines) is 1. The second-order valence-corrected chi connectivity index (χ2v) is 6.05. The van der Waals surface area contributed by atoms with E-state index in [4.69, 9.17) is 6.42 Å². The van der Waals surface area contributed by atoms with Crippen LogP contribution in [0.5, 0.6) is 0 Å². The van der Waals surface area contributed by atoms with Crippen LogP contribution < -0.4 is 5.32 Å². The number of amides is 1. The van der Waals surface area contributed by atoms with E-state index >= 15 is 0 Å². The highest BCUT2D eigenvalue weighted by atomic mass is 16.2. The molecular formula is C20H25N3O. The van der Waals surface area contributed by atoms with E-state index in [0.717, 1.165) is 24.0 Å². The number of nitrogens with zero attached hydrogens (tertiary/aromatic N) is 2. The minimum absolute atomic E-state index is 0.0139. The fourth-order valence-electron chi connectivity index (χ4n) is 2.99. The largest absolute Gasteiger partial charge is 0.329 e. The van der Waals surface area contributed by atoms with Crippen LogP contribution in [0, 0.1) is 18.4 Å². The van der Waals surface area contributed by atoms with Gasteiger partial charge in [0.05, 0.1) is 5.92 Å². The van der Waals surface area contributed by atoms with Gasteiger partial charge in [0.15, 0.2) is 0 Å². The van der Waals surface area contributed by atoms with Crippen LogP contribution in [-0.4, -0.2) is 36.3 Å². The number of amidine groups is 1. The normalized spacial score (nSPS) is 21.5. The number of allylic oxidation sites excluding steroid dienone is 1. The van der Waals surface area contributed by atoms with E-state index in [9.17, 15) is 4.79 Å². The van der Waals surface area contributed by atoms with Crippen LogP contribution >= 0.6 is 0 Å². The Kier molecular flexibility index (Phi) is 6.20. The molecule has 0 aliphatic carbocycles. The average molecular weight is 323 g/mol. The Bertz CT molecular complexity index is 670. The first-order valence-corrected chi connectivity index (χ1v) is 8.35. The predicted octanol–water partition coefficient (Wildman–Crippen LogP) is 2.93. The Morgan fingerprint density at radius 3 is 2.71 bits per heavy atom. The van der Waals surface area contributed by atoms with Gasteiger partial charge < -0.3 is 10.2 Å². The number of rotatable bonds is 4. The van der Waals surface area contributed by atoms with E-state index in [0.29, 0.717) is 12.4 Å². The number of carbonyl (C=O) groups excluding carboxylic acids is 1. The molecule has 1 saturated heterocycles. The number of hydrogen-bond donors (Lipinski definition) is 1. The van der Waals surface area contributed by atoms with Crippen LogP contribution in [0.4, 0.5) is 0 Å². The summed E-state index contributed by atoms with van der Waals surface area (Å²) >= 11 is 0. The maximum absolute atomic E-state index is 12.5. The van der Waals surface area contributed by atoms with Crippen molar-refractivity contribution in [1.29, 1.82) is 0 Å². The Hall–Kier alpha value is -2.54. The summed E-state index contributed by atoms with van der Waals surface area (Å²) in [6.07, 6.45) is 9.06. The van der Waals surface area contributed by atoms with Crippen molar-refractivity contribution in [1.82, 2.24) is 10.2 Å². The molecule has 1 aromatic rings. The van der Waals surface area contributed by atoms with Crippen LogP contribution in [0.2, 0.25) is 0 Å². The summed E-state index contributed by atoms with van der Waals surface area (Å²) in [5, 5.41) is 2.95. The molecule has 1 heterocycles.